The summed E-state index contributed by atoms with van der Waals surface area (Å²) in [5.74, 6) is -0.0426. The molecular weight excluding hydrogens is 568 g/mol. The van der Waals surface area contributed by atoms with E-state index in [1.165, 1.54) is 16.9 Å². The summed E-state index contributed by atoms with van der Waals surface area (Å²) >= 11 is 1.38. The molecule has 0 spiro atoms. The van der Waals surface area contributed by atoms with Crippen molar-refractivity contribution < 1.29 is 19.1 Å². The Labute approximate surface area is 263 Å². The minimum Gasteiger partial charge on any atom is -0.494 e. The van der Waals surface area contributed by atoms with Crippen molar-refractivity contribution in [1.82, 2.24) is 4.98 Å². The fourth-order valence-electron chi connectivity index (χ4n) is 5.17. The normalized spacial score (nSPS) is 11.4. The van der Waals surface area contributed by atoms with Crippen LogP contribution in [0, 0.1) is 6.92 Å². The minimum absolute atomic E-state index is 0.000747. The van der Waals surface area contributed by atoms with E-state index in [9.17, 15) is 9.59 Å². The zero-order chi connectivity index (χ0) is 31.4. The van der Waals surface area contributed by atoms with Crippen molar-refractivity contribution >= 4 is 39.1 Å². The third kappa shape index (κ3) is 6.53. The van der Waals surface area contributed by atoms with Crippen molar-refractivity contribution in [2.45, 2.75) is 53.4 Å². The summed E-state index contributed by atoms with van der Waals surface area (Å²) in [5, 5.41) is 4.26. The number of aryl methyl sites for hydroxylation is 1. The van der Waals surface area contributed by atoms with Gasteiger partial charge in [-0.1, -0.05) is 82.3 Å². The van der Waals surface area contributed by atoms with Crippen LogP contribution in [0.2, 0.25) is 0 Å². The Bertz CT molecular complexity index is 1820. The fraction of sp³-hybridized carbons (Fsp3) is 0.270. The van der Waals surface area contributed by atoms with E-state index in [2.05, 4.69) is 38.2 Å². The number of ether oxygens (including phenoxy) is 2. The zero-order valence-corrected chi connectivity index (χ0v) is 26.9. The second kappa shape index (κ2) is 13.0. The molecule has 6 nitrogen and oxygen atoms in total. The van der Waals surface area contributed by atoms with Gasteiger partial charge in [0.2, 0.25) is 0 Å². The van der Waals surface area contributed by atoms with Crippen LogP contribution in [-0.4, -0.2) is 30.1 Å². The topological polar surface area (TPSA) is 77.5 Å². The van der Waals surface area contributed by atoms with Gasteiger partial charge >= 0.3 is 5.97 Å². The first kappa shape index (κ1) is 31.0. The summed E-state index contributed by atoms with van der Waals surface area (Å²) in [6.07, 6.45) is 0.697. The number of rotatable bonds is 9. The van der Waals surface area contributed by atoms with Crippen LogP contribution in [0.4, 0.5) is 5.00 Å². The number of pyridine rings is 1. The summed E-state index contributed by atoms with van der Waals surface area (Å²) in [6.45, 7) is 13.2. The molecule has 0 fully saturated rings. The molecule has 2 heterocycles. The van der Waals surface area contributed by atoms with Crippen LogP contribution in [0.15, 0.2) is 78.9 Å². The Morgan fingerprint density at radius 2 is 1.66 bits per heavy atom. The molecule has 0 atom stereocenters. The molecule has 0 saturated heterocycles. The van der Waals surface area contributed by atoms with Crippen molar-refractivity contribution in [2.24, 2.45) is 0 Å². The molecule has 0 aliphatic carbocycles. The van der Waals surface area contributed by atoms with Gasteiger partial charge in [-0.2, -0.15) is 0 Å². The average molecular weight is 607 g/mol. The number of carbonyl (C=O) groups excluding carboxylic acids is 2. The summed E-state index contributed by atoms with van der Waals surface area (Å²) < 4.78 is 11.3. The molecule has 0 unspecified atom stereocenters. The van der Waals surface area contributed by atoms with Crippen LogP contribution >= 0.6 is 11.3 Å². The minimum atomic E-state index is -0.450. The van der Waals surface area contributed by atoms with Crippen molar-refractivity contribution in [3.63, 3.8) is 0 Å². The van der Waals surface area contributed by atoms with E-state index in [-0.39, 0.29) is 11.3 Å². The number of amides is 1. The second-order valence-corrected chi connectivity index (χ2v) is 12.9. The molecule has 0 radical (unpaired) electrons. The van der Waals surface area contributed by atoms with Crippen LogP contribution in [0.1, 0.15) is 72.2 Å². The Kier molecular flexibility index (Phi) is 9.16. The second-order valence-electron chi connectivity index (χ2n) is 11.7. The highest BCUT2D eigenvalue weighted by atomic mass is 32.1. The molecule has 2 aromatic heterocycles. The molecule has 1 amide bonds. The summed E-state index contributed by atoms with van der Waals surface area (Å²) in [5.41, 5.74) is 5.91. The number of hydrogen-bond acceptors (Lipinski definition) is 6. The largest absolute Gasteiger partial charge is 0.494 e. The number of hydrogen-bond donors (Lipinski definition) is 1. The Morgan fingerprint density at radius 3 is 2.36 bits per heavy atom. The number of anilines is 1. The van der Waals surface area contributed by atoms with E-state index < -0.39 is 5.97 Å². The van der Waals surface area contributed by atoms with Gasteiger partial charge in [-0.15, -0.1) is 11.3 Å². The molecule has 0 saturated carbocycles. The highest BCUT2D eigenvalue weighted by Gasteiger charge is 2.27. The van der Waals surface area contributed by atoms with Gasteiger partial charge in [0.25, 0.3) is 5.91 Å². The van der Waals surface area contributed by atoms with Crippen molar-refractivity contribution in [3.8, 4) is 28.1 Å². The van der Waals surface area contributed by atoms with Gasteiger partial charge in [0.1, 0.15) is 16.3 Å². The molecule has 5 rings (SSSR count). The number of carbonyl (C=O) groups is 2. The molecule has 1 N–H and O–H groups in total. The predicted molar refractivity (Wildman–Crippen MR) is 180 cm³/mol. The maximum Gasteiger partial charge on any atom is 0.341 e. The van der Waals surface area contributed by atoms with Gasteiger partial charge in [-0.3, -0.25) is 4.79 Å². The molecule has 226 valence electrons. The van der Waals surface area contributed by atoms with Gasteiger partial charge < -0.3 is 14.8 Å². The third-order valence-corrected chi connectivity index (χ3v) is 8.41. The van der Waals surface area contributed by atoms with Crippen molar-refractivity contribution in [1.29, 1.82) is 0 Å². The number of fused-ring (bicyclic) bond motifs is 1. The third-order valence-electron chi connectivity index (χ3n) is 7.39. The molecule has 0 aliphatic rings. The molecule has 7 heteroatoms. The summed E-state index contributed by atoms with van der Waals surface area (Å²) in [6, 6.07) is 25.3. The number of benzene rings is 3. The Hall–Kier alpha value is -4.49. The number of nitrogens with one attached hydrogen (secondary N) is 1. The molecule has 3 aromatic carbocycles. The van der Waals surface area contributed by atoms with E-state index in [1.807, 2.05) is 81.4 Å². The van der Waals surface area contributed by atoms with Gasteiger partial charge in [0, 0.05) is 21.4 Å². The van der Waals surface area contributed by atoms with E-state index in [1.54, 1.807) is 6.07 Å². The maximum absolute atomic E-state index is 14.1. The van der Waals surface area contributed by atoms with Crippen molar-refractivity contribution in [3.05, 3.63) is 100 Å². The zero-order valence-electron chi connectivity index (χ0n) is 26.1. The van der Waals surface area contributed by atoms with Crippen LogP contribution in [0.3, 0.4) is 0 Å². The Morgan fingerprint density at radius 1 is 0.909 bits per heavy atom. The predicted octanol–water partition coefficient (Wildman–Crippen LogP) is 9.45. The van der Waals surface area contributed by atoms with Crippen LogP contribution in [0.5, 0.6) is 5.75 Å². The highest BCUT2D eigenvalue weighted by molar-refractivity contribution is 7.17. The van der Waals surface area contributed by atoms with Gasteiger partial charge in [-0.25, -0.2) is 9.78 Å². The molecular formula is C37H38N2O4S. The van der Waals surface area contributed by atoms with Gasteiger partial charge in [0.05, 0.1) is 30.0 Å². The summed E-state index contributed by atoms with van der Waals surface area (Å²) in [4.78, 5) is 33.4. The number of para-hydroxylation sites is 1. The van der Waals surface area contributed by atoms with Crippen LogP contribution in [0.25, 0.3) is 33.3 Å². The molecule has 0 bridgehead atoms. The van der Waals surface area contributed by atoms with E-state index in [0.717, 1.165) is 32.7 Å². The lowest BCUT2D eigenvalue weighted by Gasteiger charge is -2.19. The average Bonchev–Trinajstić information content (AvgIpc) is 3.34. The van der Waals surface area contributed by atoms with E-state index in [0.29, 0.717) is 47.0 Å². The number of nitrogens with zero attached hydrogens (tertiary/aromatic N) is 1. The number of aromatic nitrogens is 1. The van der Waals surface area contributed by atoms with Gasteiger partial charge in [0.15, 0.2) is 0 Å². The molecule has 5 aromatic rings. The highest BCUT2D eigenvalue weighted by Crippen LogP contribution is 2.41. The molecule has 44 heavy (non-hydrogen) atoms. The van der Waals surface area contributed by atoms with E-state index >= 15 is 0 Å². The van der Waals surface area contributed by atoms with Crippen LogP contribution < -0.4 is 10.1 Å². The monoisotopic (exact) mass is 606 g/mol. The van der Waals surface area contributed by atoms with E-state index in [4.69, 9.17) is 14.5 Å². The molecule has 0 aliphatic heterocycles. The first-order chi connectivity index (χ1) is 21.1. The lowest BCUT2D eigenvalue weighted by atomic mass is 9.86. The number of esters is 1. The first-order valence-electron chi connectivity index (χ1n) is 15.0. The Balaban J connectivity index is 1.58. The quantitative estimate of drug-likeness (QED) is 0.169. The van der Waals surface area contributed by atoms with Gasteiger partial charge in [-0.05, 0) is 61.1 Å². The smallest absolute Gasteiger partial charge is 0.341 e. The maximum atomic E-state index is 14.1. The van der Waals surface area contributed by atoms with Crippen LogP contribution in [-0.2, 0) is 10.2 Å². The fourth-order valence-corrected chi connectivity index (χ4v) is 6.23. The lowest BCUT2D eigenvalue weighted by Crippen LogP contribution is -2.16. The van der Waals surface area contributed by atoms with Crippen molar-refractivity contribution in [2.75, 3.05) is 18.5 Å². The lowest BCUT2D eigenvalue weighted by molar-refractivity contribution is 0.0507. The first-order valence-corrected chi connectivity index (χ1v) is 15.8. The summed E-state index contributed by atoms with van der Waals surface area (Å²) in [7, 11) is 0. The standard InChI is InChI=1S/C37H38N2O4S/c1-7-20-43-36(41)33-32(24-16-18-26(19-17-24)37(4,5)6)23(3)44-35(33)39-34(40)29-22-31(38-30-15-10-9-14-28(29)30)25-12-11-13-27(21-25)42-8-2/h9-19,21-22H,7-8,20H2,1-6H3,(H,39,40). The number of thiophene rings is 1. The SMILES string of the molecule is CCCOC(=O)c1c(NC(=O)c2cc(-c3cccc(OCC)c3)nc3ccccc23)sc(C)c1-c1ccc(C(C)(C)C)cc1.